The predicted molar refractivity (Wildman–Crippen MR) is 100 cm³/mol. The third kappa shape index (κ3) is 3.64. The van der Waals surface area contributed by atoms with Crippen LogP contribution in [0.2, 0.25) is 0 Å². The molecule has 0 aliphatic carbocycles. The van der Waals surface area contributed by atoms with Crippen molar-refractivity contribution >= 4 is 16.8 Å². The highest BCUT2D eigenvalue weighted by Gasteiger charge is 2.17. The number of benzene rings is 2. The number of rotatable bonds is 7. The first kappa shape index (κ1) is 17.8. The second kappa shape index (κ2) is 7.91. The molecule has 1 heterocycles. The highest BCUT2D eigenvalue weighted by Crippen LogP contribution is 2.26. The lowest BCUT2D eigenvalue weighted by Crippen LogP contribution is -2.36. The first-order valence-corrected chi connectivity index (χ1v) is 8.65. The van der Waals surface area contributed by atoms with E-state index in [2.05, 4.69) is 10.4 Å². The molecule has 0 bridgehead atoms. The molecule has 0 saturated heterocycles. The number of hydrogen-bond donors (Lipinski definition) is 1. The summed E-state index contributed by atoms with van der Waals surface area (Å²) in [7, 11) is 1.57. The van der Waals surface area contributed by atoms with Crippen molar-refractivity contribution in [3.05, 3.63) is 54.2 Å². The number of hydrogen-bond acceptors (Lipinski definition) is 4. The monoisotopic (exact) mass is 353 g/mol. The molecule has 6 nitrogen and oxygen atoms in total. The first-order valence-electron chi connectivity index (χ1n) is 8.65. The van der Waals surface area contributed by atoms with Crippen molar-refractivity contribution in [2.75, 3.05) is 7.11 Å². The molecule has 3 rings (SSSR count). The van der Waals surface area contributed by atoms with Crippen molar-refractivity contribution in [2.24, 2.45) is 0 Å². The molecule has 0 aliphatic heterocycles. The van der Waals surface area contributed by atoms with Crippen LogP contribution in [-0.2, 0) is 17.9 Å². The molecule has 0 radical (unpaired) electrons. The van der Waals surface area contributed by atoms with Gasteiger partial charge in [-0.25, -0.2) is 0 Å². The van der Waals surface area contributed by atoms with E-state index in [1.165, 1.54) is 0 Å². The molecule has 26 heavy (non-hydrogen) atoms. The third-order valence-corrected chi connectivity index (χ3v) is 4.21. The lowest BCUT2D eigenvalue weighted by Gasteiger charge is -2.16. The van der Waals surface area contributed by atoms with Gasteiger partial charge in [0.25, 0.3) is 5.91 Å². The number of ether oxygens (including phenoxy) is 2. The van der Waals surface area contributed by atoms with Crippen LogP contribution in [0.15, 0.2) is 48.5 Å². The average Bonchev–Trinajstić information content (AvgIpc) is 3.04. The zero-order valence-corrected chi connectivity index (χ0v) is 15.2. The summed E-state index contributed by atoms with van der Waals surface area (Å²) in [6.45, 7) is 4.89. The zero-order chi connectivity index (χ0) is 18.5. The Bertz CT molecular complexity index is 904. The Kier molecular flexibility index (Phi) is 5.41. The number of para-hydroxylation sites is 3. The van der Waals surface area contributed by atoms with E-state index in [1.54, 1.807) is 26.2 Å². The number of methoxy groups -OCH3 is 1. The van der Waals surface area contributed by atoms with Gasteiger partial charge in [-0.05, 0) is 32.0 Å². The maximum absolute atomic E-state index is 12.4. The molecule has 3 aromatic rings. The molecule has 0 fully saturated rings. The van der Waals surface area contributed by atoms with E-state index in [4.69, 9.17) is 9.47 Å². The van der Waals surface area contributed by atoms with Crippen molar-refractivity contribution in [1.29, 1.82) is 0 Å². The van der Waals surface area contributed by atoms with Gasteiger partial charge in [0.1, 0.15) is 0 Å². The molecular formula is C20H23N3O3. The smallest absolute Gasteiger partial charge is 0.261 e. The minimum absolute atomic E-state index is 0.203. The average molecular weight is 353 g/mol. The summed E-state index contributed by atoms with van der Waals surface area (Å²) in [5, 5.41) is 8.55. The fraction of sp³-hybridized carbons (Fsp3) is 0.300. The molecule has 2 aromatic carbocycles. The van der Waals surface area contributed by atoms with Crippen molar-refractivity contribution in [2.45, 2.75) is 33.0 Å². The van der Waals surface area contributed by atoms with E-state index in [-0.39, 0.29) is 5.91 Å². The number of nitrogens with one attached hydrogen (secondary N) is 1. The van der Waals surface area contributed by atoms with Crippen LogP contribution in [-0.4, -0.2) is 28.9 Å². The van der Waals surface area contributed by atoms with Crippen molar-refractivity contribution in [3.63, 3.8) is 0 Å². The van der Waals surface area contributed by atoms with E-state index >= 15 is 0 Å². The fourth-order valence-corrected chi connectivity index (χ4v) is 2.84. The molecule has 1 amide bonds. The Balaban J connectivity index is 1.67. The topological polar surface area (TPSA) is 65.4 Å². The minimum Gasteiger partial charge on any atom is -0.493 e. The van der Waals surface area contributed by atoms with Crippen LogP contribution in [0, 0.1) is 0 Å². The summed E-state index contributed by atoms with van der Waals surface area (Å²) < 4.78 is 12.9. The normalized spacial score (nSPS) is 12.0. The van der Waals surface area contributed by atoms with Gasteiger partial charge in [-0.15, -0.1) is 0 Å². The van der Waals surface area contributed by atoms with Gasteiger partial charge in [-0.3, -0.25) is 9.48 Å². The second-order valence-corrected chi connectivity index (χ2v) is 5.91. The van der Waals surface area contributed by atoms with Gasteiger partial charge in [0.2, 0.25) is 0 Å². The van der Waals surface area contributed by atoms with Crippen LogP contribution in [0.5, 0.6) is 11.5 Å². The molecule has 0 spiro atoms. The van der Waals surface area contributed by atoms with Gasteiger partial charge < -0.3 is 14.8 Å². The van der Waals surface area contributed by atoms with Gasteiger partial charge in [-0.2, -0.15) is 5.10 Å². The molecule has 136 valence electrons. The maximum atomic E-state index is 12.4. The predicted octanol–water partition coefficient (Wildman–Crippen LogP) is 3.15. The Morgan fingerprint density at radius 1 is 1.15 bits per heavy atom. The molecule has 1 atom stereocenters. The molecule has 6 heteroatoms. The molecule has 1 N–H and O–H groups in total. The van der Waals surface area contributed by atoms with E-state index in [9.17, 15) is 4.79 Å². The molecule has 0 unspecified atom stereocenters. The van der Waals surface area contributed by atoms with Crippen molar-refractivity contribution in [1.82, 2.24) is 15.1 Å². The standard InChI is InChI=1S/C20H23N3O3/c1-4-23-17-10-6-5-9-15(17)16(22-23)13-21-20(24)14(2)26-19-12-8-7-11-18(19)25-3/h5-12,14H,4,13H2,1-3H3,(H,21,24)/t14-/m0/s1. The maximum Gasteiger partial charge on any atom is 0.261 e. The Hall–Kier alpha value is -3.02. The van der Waals surface area contributed by atoms with E-state index in [0.29, 0.717) is 18.0 Å². The zero-order valence-electron chi connectivity index (χ0n) is 15.2. The molecular weight excluding hydrogens is 330 g/mol. The van der Waals surface area contributed by atoms with Crippen LogP contribution in [0.25, 0.3) is 10.9 Å². The number of carbonyl (C=O) groups excluding carboxylic acids is 1. The summed E-state index contributed by atoms with van der Waals surface area (Å²) >= 11 is 0. The number of fused-ring (bicyclic) bond motifs is 1. The number of carbonyl (C=O) groups is 1. The number of nitrogens with zero attached hydrogens (tertiary/aromatic N) is 2. The molecule has 0 saturated carbocycles. The second-order valence-electron chi connectivity index (χ2n) is 5.91. The molecule has 1 aromatic heterocycles. The Labute approximate surface area is 152 Å². The van der Waals surface area contributed by atoms with Crippen LogP contribution in [0.3, 0.4) is 0 Å². The van der Waals surface area contributed by atoms with Gasteiger partial charge in [0.05, 0.1) is 24.9 Å². The molecule has 0 aliphatic rings. The Morgan fingerprint density at radius 3 is 2.58 bits per heavy atom. The van der Waals surface area contributed by atoms with E-state index in [0.717, 1.165) is 23.1 Å². The highest BCUT2D eigenvalue weighted by molar-refractivity contribution is 5.84. The van der Waals surface area contributed by atoms with E-state index < -0.39 is 6.10 Å². The van der Waals surface area contributed by atoms with Crippen molar-refractivity contribution in [3.8, 4) is 11.5 Å². The number of aryl methyl sites for hydroxylation is 1. The Morgan fingerprint density at radius 2 is 1.85 bits per heavy atom. The van der Waals surface area contributed by atoms with Gasteiger partial charge in [0, 0.05) is 11.9 Å². The van der Waals surface area contributed by atoms with Gasteiger partial charge >= 0.3 is 0 Å². The minimum atomic E-state index is -0.647. The van der Waals surface area contributed by atoms with Crippen LogP contribution >= 0.6 is 0 Å². The van der Waals surface area contributed by atoms with Gasteiger partial charge in [0.15, 0.2) is 17.6 Å². The SMILES string of the molecule is CCn1nc(CNC(=O)[C@H](C)Oc2ccccc2OC)c2ccccc21. The number of amides is 1. The lowest BCUT2D eigenvalue weighted by molar-refractivity contribution is -0.127. The fourth-order valence-electron chi connectivity index (χ4n) is 2.84. The third-order valence-electron chi connectivity index (χ3n) is 4.21. The highest BCUT2D eigenvalue weighted by atomic mass is 16.5. The summed E-state index contributed by atoms with van der Waals surface area (Å²) in [5.41, 5.74) is 1.91. The summed E-state index contributed by atoms with van der Waals surface area (Å²) in [5.74, 6) is 0.934. The van der Waals surface area contributed by atoms with Crippen LogP contribution in [0.1, 0.15) is 19.5 Å². The van der Waals surface area contributed by atoms with Crippen LogP contribution in [0.4, 0.5) is 0 Å². The van der Waals surface area contributed by atoms with Crippen molar-refractivity contribution < 1.29 is 14.3 Å². The first-order chi connectivity index (χ1) is 12.6. The largest absolute Gasteiger partial charge is 0.493 e. The summed E-state index contributed by atoms with van der Waals surface area (Å²) in [6.07, 6.45) is -0.647. The quantitative estimate of drug-likeness (QED) is 0.709. The summed E-state index contributed by atoms with van der Waals surface area (Å²) in [4.78, 5) is 12.4. The van der Waals surface area contributed by atoms with E-state index in [1.807, 2.05) is 48.0 Å². The summed E-state index contributed by atoms with van der Waals surface area (Å²) in [6, 6.07) is 15.3. The lowest BCUT2D eigenvalue weighted by atomic mass is 10.2. The van der Waals surface area contributed by atoms with Crippen LogP contribution < -0.4 is 14.8 Å². The van der Waals surface area contributed by atoms with Gasteiger partial charge in [-0.1, -0.05) is 30.3 Å². The number of aromatic nitrogens is 2.